The highest BCUT2D eigenvalue weighted by Gasteiger charge is 2.40. The zero-order chi connectivity index (χ0) is 7.73. The average molecular weight is 155 g/mol. The Bertz CT molecular complexity index is 132. The molecule has 0 aromatic rings. The van der Waals surface area contributed by atoms with Crippen molar-refractivity contribution in [1.29, 1.82) is 0 Å². The van der Waals surface area contributed by atoms with E-state index in [0.717, 1.165) is 6.61 Å². The molecule has 1 aliphatic heterocycles. The normalized spacial score (nSPS) is 35.2. The van der Waals surface area contributed by atoms with Crippen LogP contribution in [0.4, 0.5) is 0 Å². The third-order valence-corrected chi connectivity index (χ3v) is 3.30. The molecule has 2 heteroatoms. The van der Waals surface area contributed by atoms with Crippen LogP contribution in [0.15, 0.2) is 0 Å². The van der Waals surface area contributed by atoms with Crippen LogP contribution in [0, 0.1) is 5.41 Å². The lowest BCUT2D eigenvalue weighted by atomic mass is 9.65. The minimum absolute atomic E-state index is 0.362. The summed E-state index contributed by atoms with van der Waals surface area (Å²) in [6, 6.07) is 0. The summed E-state index contributed by atoms with van der Waals surface area (Å²) in [5, 5.41) is 0. The van der Waals surface area contributed by atoms with Gasteiger partial charge in [0.05, 0.1) is 12.7 Å². The maximum Gasteiger partial charge on any atom is 0.0697 e. The molecule has 11 heavy (non-hydrogen) atoms. The molecule has 0 aromatic heterocycles. The van der Waals surface area contributed by atoms with Crippen LogP contribution in [0.3, 0.4) is 0 Å². The number of ether oxygens (including phenoxy) is 1. The molecule has 1 spiro atoms. The van der Waals surface area contributed by atoms with E-state index in [9.17, 15) is 0 Å². The molecule has 2 aliphatic rings. The molecule has 2 nitrogen and oxygen atoms in total. The van der Waals surface area contributed by atoms with Crippen molar-refractivity contribution in [1.82, 2.24) is 0 Å². The lowest BCUT2D eigenvalue weighted by Gasteiger charge is -2.46. The highest BCUT2D eigenvalue weighted by molar-refractivity contribution is 4.91. The van der Waals surface area contributed by atoms with Crippen LogP contribution in [0.2, 0.25) is 0 Å². The fourth-order valence-corrected chi connectivity index (χ4v) is 2.17. The Morgan fingerprint density at radius 1 is 1.36 bits per heavy atom. The van der Waals surface area contributed by atoms with Crippen molar-refractivity contribution >= 4 is 0 Å². The molecule has 1 unspecified atom stereocenters. The van der Waals surface area contributed by atoms with Crippen molar-refractivity contribution < 1.29 is 4.74 Å². The summed E-state index contributed by atoms with van der Waals surface area (Å²) in [4.78, 5) is 0. The monoisotopic (exact) mass is 155 g/mol. The number of rotatable bonds is 1. The Hall–Kier alpha value is -0.0800. The van der Waals surface area contributed by atoms with Gasteiger partial charge in [-0.2, -0.15) is 0 Å². The minimum Gasteiger partial charge on any atom is -0.376 e. The van der Waals surface area contributed by atoms with Gasteiger partial charge in [-0.15, -0.1) is 0 Å². The molecule has 2 N–H and O–H groups in total. The fourth-order valence-electron chi connectivity index (χ4n) is 2.17. The fraction of sp³-hybridized carbons (Fsp3) is 1.00. The summed E-state index contributed by atoms with van der Waals surface area (Å²) in [5.74, 6) is 0. The van der Waals surface area contributed by atoms with Crippen LogP contribution in [-0.4, -0.2) is 19.3 Å². The van der Waals surface area contributed by atoms with Crippen molar-refractivity contribution in [3.05, 3.63) is 0 Å². The van der Waals surface area contributed by atoms with Crippen LogP contribution < -0.4 is 5.73 Å². The second kappa shape index (κ2) is 2.76. The topological polar surface area (TPSA) is 35.2 Å². The number of nitrogens with two attached hydrogens (primary N) is 1. The van der Waals surface area contributed by atoms with Crippen molar-refractivity contribution in [3.8, 4) is 0 Å². The van der Waals surface area contributed by atoms with Gasteiger partial charge in [-0.1, -0.05) is 6.42 Å². The summed E-state index contributed by atoms with van der Waals surface area (Å²) in [5.41, 5.74) is 6.13. The maximum absolute atomic E-state index is 5.66. The van der Waals surface area contributed by atoms with E-state index in [0.29, 0.717) is 18.1 Å². The van der Waals surface area contributed by atoms with E-state index < -0.39 is 0 Å². The summed E-state index contributed by atoms with van der Waals surface area (Å²) < 4.78 is 5.66. The van der Waals surface area contributed by atoms with Gasteiger partial charge >= 0.3 is 0 Å². The summed E-state index contributed by atoms with van der Waals surface area (Å²) >= 11 is 0. The molecule has 2 fully saturated rings. The van der Waals surface area contributed by atoms with Gasteiger partial charge < -0.3 is 10.5 Å². The molecule has 1 atom stereocenters. The van der Waals surface area contributed by atoms with Crippen LogP contribution in [0.1, 0.15) is 32.1 Å². The van der Waals surface area contributed by atoms with Gasteiger partial charge in [0, 0.05) is 6.54 Å². The van der Waals surface area contributed by atoms with Gasteiger partial charge in [-0.05, 0) is 31.1 Å². The lowest BCUT2D eigenvalue weighted by molar-refractivity contribution is -0.0922. The molecule has 0 bridgehead atoms. The third kappa shape index (κ3) is 1.30. The molecule has 1 aliphatic carbocycles. The smallest absolute Gasteiger partial charge is 0.0697 e. The number of hydrogen-bond donors (Lipinski definition) is 1. The maximum atomic E-state index is 5.66. The first-order valence-electron chi connectivity index (χ1n) is 4.66. The van der Waals surface area contributed by atoms with E-state index in [1.165, 1.54) is 32.1 Å². The molecule has 0 amide bonds. The molecule has 1 heterocycles. The largest absolute Gasteiger partial charge is 0.376 e. The van der Waals surface area contributed by atoms with E-state index >= 15 is 0 Å². The molecule has 2 rings (SSSR count). The zero-order valence-corrected chi connectivity index (χ0v) is 7.01. The standard InChI is InChI=1S/C9H17NO/c10-6-8-2-5-9(7-11-8)3-1-4-9/h8H,1-7,10H2. The third-order valence-electron chi connectivity index (χ3n) is 3.30. The second-order valence-electron chi connectivity index (χ2n) is 4.06. The predicted molar refractivity (Wildman–Crippen MR) is 44.3 cm³/mol. The van der Waals surface area contributed by atoms with Gasteiger partial charge in [0.2, 0.25) is 0 Å². The second-order valence-corrected chi connectivity index (χ2v) is 4.06. The van der Waals surface area contributed by atoms with Crippen molar-refractivity contribution in [3.63, 3.8) is 0 Å². The Morgan fingerprint density at radius 3 is 2.55 bits per heavy atom. The summed E-state index contributed by atoms with van der Waals surface area (Å²) in [6.45, 7) is 1.69. The van der Waals surface area contributed by atoms with E-state index in [2.05, 4.69) is 0 Å². The van der Waals surface area contributed by atoms with E-state index in [1.807, 2.05) is 0 Å². The Morgan fingerprint density at radius 2 is 2.18 bits per heavy atom. The Balaban J connectivity index is 1.84. The van der Waals surface area contributed by atoms with Crippen molar-refractivity contribution in [2.75, 3.05) is 13.2 Å². The van der Waals surface area contributed by atoms with Crippen molar-refractivity contribution in [2.24, 2.45) is 11.1 Å². The van der Waals surface area contributed by atoms with E-state index in [-0.39, 0.29) is 0 Å². The van der Waals surface area contributed by atoms with Crippen molar-refractivity contribution in [2.45, 2.75) is 38.2 Å². The molecule has 64 valence electrons. The zero-order valence-electron chi connectivity index (χ0n) is 7.01. The van der Waals surface area contributed by atoms with Crippen LogP contribution in [0.25, 0.3) is 0 Å². The van der Waals surface area contributed by atoms with Crippen LogP contribution in [0.5, 0.6) is 0 Å². The highest BCUT2D eigenvalue weighted by Crippen LogP contribution is 2.47. The first-order valence-corrected chi connectivity index (χ1v) is 4.66. The first kappa shape index (κ1) is 7.56. The lowest BCUT2D eigenvalue weighted by Crippen LogP contribution is -2.43. The van der Waals surface area contributed by atoms with Gasteiger partial charge in [-0.25, -0.2) is 0 Å². The Kier molecular flexibility index (Phi) is 1.90. The summed E-state index contributed by atoms with van der Waals surface area (Å²) in [6.07, 6.45) is 7.11. The molecular weight excluding hydrogens is 138 g/mol. The minimum atomic E-state index is 0.362. The first-order chi connectivity index (χ1) is 5.35. The van der Waals surface area contributed by atoms with Gasteiger partial charge in [0.25, 0.3) is 0 Å². The molecular formula is C9H17NO. The van der Waals surface area contributed by atoms with Gasteiger partial charge in [0.1, 0.15) is 0 Å². The van der Waals surface area contributed by atoms with Gasteiger partial charge in [0.15, 0.2) is 0 Å². The molecule has 1 saturated carbocycles. The van der Waals surface area contributed by atoms with E-state index in [4.69, 9.17) is 10.5 Å². The van der Waals surface area contributed by atoms with Crippen LogP contribution >= 0.6 is 0 Å². The predicted octanol–water partition coefficient (Wildman–Crippen LogP) is 1.29. The quantitative estimate of drug-likeness (QED) is 0.619. The molecule has 1 saturated heterocycles. The SMILES string of the molecule is NCC1CCC2(CCC2)CO1. The molecule has 0 radical (unpaired) electrons. The number of hydrogen-bond acceptors (Lipinski definition) is 2. The summed E-state index contributed by atoms with van der Waals surface area (Å²) in [7, 11) is 0. The van der Waals surface area contributed by atoms with E-state index in [1.54, 1.807) is 0 Å². The highest BCUT2D eigenvalue weighted by atomic mass is 16.5. The Labute approximate surface area is 68.1 Å². The average Bonchev–Trinajstić information content (AvgIpc) is 2.02. The van der Waals surface area contributed by atoms with Crippen LogP contribution in [-0.2, 0) is 4.74 Å². The molecule has 0 aromatic carbocycles. The van der Waals surface area contributed by atoms with Gasteiger partial charge in [-0.3, -0.25) is 0 Å².